The molecule has 0 radical (unpaired) electrons. The van der Waals surface area contributed by atoms with E-state index in [0.717, 1.165) is 16.1 Å². The van der Waals surface area contributed by atoms with E-state index in [1.165, 1.54) is 0 Å². The Morgan fingerprint density at radius 2 is 2.04 bits per heavy atom. The molecule has 0 fully saturated rings. The smallest absolute Gasteiger partial charge is 0.292 e. The minimum absolute atomic E-state index is 0.00479. The molecule has 0 N–H and O–H groups in total. The molecule has 1 atom stereocenters. The quantitative estimate of drug-likeness (QED) is 0.707. The molecular formula is C18H18N2O2S. The maximum atomic E-state index is 12.5. The number of carbonyl (C=O) groups is 1. The van der Waals surface area contributed by atoms with Gasteiger partial charge in [-0.1, -0.05) is 41.6 Å². The van der Waals surface area contributed by atoms with Crippen LogP contribution in [0.2, 0.25) is 0 Å². The van der Waals surface area contributed by atoms with Crippen molar-refractivity contribution in [1.82, 2.24) is 10.1 Å². The molecule has 2 heterocycles. The Morgan fingerprint density at radius 3 is 2.74 bits per heavy atom. The van der Waals surface area contributed by atoms with Crippen LogP contribution < -0.4 is 0 Å². The Kier molecular flexibility index (Phi) is 4.57. The van der Waals surface area contributed by atoms with Gasteiger partial charge in [-0.2, -0.15) is 0 Å². The van der Waals surface area contributed by atoms with E-state index in [1.54, 1.807) is 29.4 Å². The molecule has 0 aliphatic rings. The van der Waals surface area contributed by atoms with Gasteiger partial charge in [0.25, 0.3) is 5.91 Å². The second kappa shape index (κ2) is 6.79. The number of benzene rings is 1. The van der Waals surface area contributed by atoms with Gasteiger partial charge in [-0.05, 0) is 23.9 Å². The van der Waals surface area contributed by atoms with Crippen molar-refractivity contribution in [1.29, 1.82) is 0 Å². The summed E-state index contributed by atoms with van der Waals surface area (Å²) in [7, 11) is 1.78. The van der Waals surface area contributed by atoms with Crippen LogP contribution in [0.25, 0.3) is 0 Å². The van der Waals surface area contributed by atoms with Crippen molar-refractivity contribution in [3.05, 3.63) is 75.8 Å². The van der Waals surface area contributed by atoms with Gasteiger partial charge in [0.2, 0.25) is 5.76 Å². The van der Waals surface area contributed by atoms with Gasteiger partial charge < -0.3 is 9.42 Å². The fourth-order valence-electron chi connectivity index (χ4n) is 2.37. The van der Waals surface area contributed by atoms with Crippen molar-refractivity contribution in [3.63, 3.8) is 0 Å². The predicted octanol–water partition coefficient (Wildman–Crippen LogP) is 4.16. The van der Waals surface area contributed by atoms with Crippen molar-refractivity contribution >= 4 is 17.2 Å². The summed E-state index contributed by atoms with van der Waals surface area (Å²) in [6.45, 7) is 2.00. The maximum Gasteiger partial charge on any atom is 0.292 e. The van der Waals surface area contributed by atoms with Gasteiger partial charge in [0.05, 0.1) is 11.7 Å². The first-order valence-corrected chi connectivity index (χ1v) is 8.33. The molecule has 4 nitrogen and oxygen atoms in total. The second-order valence-corrected chi connectivity index (χ2v) is 6.43. The van der Waals surface area contributed by atoms with E-state index in [1.807, 2.05) is 54.8 Å². The van der Waals surface area contributed by atoms with E-state index in [9.17, 15) is 4.79 Å². The summed E-state index contributed by atoms with van der Waals surface area (Å²) in [5, 5.41) is 6.03. The van der Waals surface area contributed by atoms with E-state index in [2.05, 4.69) is 5.16 Å². The van der Waals surface area contributed by atoms with Gasteiger partial charge in [-0.25, -0.2) is 0 Å². The van der Waals surface area contributed by atoms with E-state index in [0.29, 0.717) is 6.42 Å². The third-order valence-corrected chi connectivity index (χ3v) is 4.90. The summed E-state index contributed by atoms with van der Waals surface area (Å²) in [6.07, 6.45) is 0.655. The third kappa shape index (κ3) is 3.51. The summed E-state index contributed by atoms with van der Waals surface area (Å²) in [5.41, 5.74) is 1.90. The largest absolute Gasteiger partial charge is 0.351 e. The normalized spacial score (nSPS) is 12.1. The van der Waals surface area contributed by atoms with Gasteiger partial charge in [-0.3, -0.25) is 4.79 Å². The van der Waals surface area contributed by atoms with Crippen molar-refractivity contribution < 1.29 is 9.32 Å². The molecule has 0 saturated carbocycles. The second-order valence-electron chi connectivity index (χ2n) is 5.45. The summed E-state index contributed by atoms with van der Waals surface area (Å²) in [5.74, 6) is 0.125. The van der Waals surface area contributed by atoms with Crippen molar-refractivity contribution in [2.75, 3.05) is 7.05 Å². The monoisotopic (exact) mass is 326 g/mol. The zero-order valence-corrected chi connectivity index (χ0v) is 13.9. The molecule has 0 spiro atoms. The number of carbonyl (C=O) groups excluding carboxylic acids is 1. The van der Waals surface area contributed by atoms with E-state index < -0.39 is 0 Å². The van der Waals surface area contributed by atoms with Gasteiger partial charge >= 0.3 is 0 Å². The first-order chi connectivity index (χ1) is 11.1. The summed E-state index contributed by atoms with van der Waals surface area (Å²) >= 11 is 1.64. The van der Waals surface area contributed by atoms with Gasteiger partial charge in [0.1, 0.15) is 0 Å². The lowest BCUT2D eigenvalue weighted by molar-refractivity contribution is 0.0702. The van der Waals surface area contributed by atoms with Crippen LogP contribution in [0.4, 0.5) is 0 Å². The number of aromatic nitrogens is 1. The Bertz CT molecular complexity index is 765. The molecule has 0 bridgehead atoms. The summed E-state index contributed by atoms with van der Waals surface area (Å²) in [4.78, 5) is 15.4. The Morgan fingerprint density at radius 1 is 1.26 bits per heavy atom. The molecule has 0 aliphatic heterocycles. The Hall–Kier alpha value is -2.40. The predicted molar refractivity (Wildman–Crippen MR) is 90.6 cm³/mol. The molecule has 1 amide bonds. The zero-order valence-electron chi connectivity index (χ0n) is 13.1. The number of nitrogens with zero attached hydrogens (tertiary/aromatic N) is 2. The molecule has 23 heavy (non-hydrogen) atoms. The van der Waals surface area contributed by atoms with Crippen molar-refractivity contribution in [2.24, 2.45) is 0 Å². The molecule has 118 valence electrons. The molecule has 3 aromatic rings. The lowest BCUT2D eigenvalue weighted by Gasteiger charge is -2.22. The highest BCUT2D eigenvalue weighted by atomic mass is 32.1. The topological polar surface area (TPSA) is 46.3 Å². The molecular weight excluding hydrogens is 308 g/mol. The van der Waals surface area contributed by atoms with Crippen LogP contribution in [-0.4, -0.2) is 23.0 Å². The molecule has 3 rings (SSSR count). The standard InChI is InChI=1S/C18H18N2O2S/c1-13(17-9-6-10-23-17)20(2)18(21)16-12-15(19-22-16)11-14-7-4-3-5-8-14/h3-10,12-13H,11H2,1-2H3. The Balaban J connectivity index is 1.71. The number of amides is 1. The highest BCUT2D eigenvalue weighted by molar-refractivity contribution is 7.10. The van der Waals surface area contributed by atoms with Gasteiger partial charge in [0.15, 0.2) is 0 Å². The lowest BCUT2D eigenvalue weighted by atomic mass is 10.1. The number of hydrogen-bond donors (Lipinski definition) is 0. The third-order valence-electron chi connectivity index (χ3n) is 3.85. The van der Waals surface area contributed by atoms with Crippen LogP contribution in [0.15, 0.2) is 58.4 Å². The SMILES string of the molecule is CC(c1cccs1)N(C)C(=O)c1cc(Cc2ccccc2)no1. The van der Waals surface area contributed by atoms with Crippen LogP contribution >= 0.6 is 11.3 Å². The minimum atomic E-state index is -0.155. The zero-order chi connectivity index (χ0) is 16.2. The van der Waals surface area contributed by atoms with Crippen LogP contribution in [0.3, 0.4) is 0 Å². The molecule has 5 heteroatoms. The molecule has 0 saturated heterocycles. The fourth-order valence-corrected chi connectivity index (χ4v) is 3.20. The van der Waals surface area contributed by atoms with Gasteiger partial charge in [-0.15, -0.1) is 11.3 Å². The molecule has 1 unspecified atom stereocenters. The van der Waals surface area contributed by atoms with Crippen LogP contribution in [-0.2, 0) is 6.42 Å². The minimum Gasteiger partial charge on any atom is -0.351 e. The first-order valence-electron chi connectivity index (χ1n) is 7.45. The molecule has 2 aromatic heterocycles. The van der Waals surface area contributed by atoms with Gasteiger partial charge in [0, 0.05) is 24.4 Å². The number of thiophene rings is 1. The average Bonchev–Trinajstić information content (AvgIpc) is 3.25. The number of rotatable bonds is 5. The van der Waals surface area contributed by atoms with Crippen LogP contribution in [0.5, 0.6) is 0 Å². The van der Waals surface area contributed by atoms with E-state index in [4.69, 9.17) is 4.52 Å². The van der Waals surface area contributed by atoms with Crippen molar-refractivity contribution in [3.8, 4) is 0 Å². The maximum absolute atomic E-state index is 12.5. The van der Waals surface area contributed by atoms with E-state index >= 15 is 0 Å². The molecule has 1 aromatic carbocycles. The average molecular weight is 326 g/mol. The summed E-state index contributed by atoms with van der Waals surface area (Å²) in [6, 6.07) is 15.7. The summed E-state index contributed by atoms with van der Waals surface area (Å²) < 4.78 is 5.25. The van der Waals surface area contributed by atoms with E-state index in [-0.39, 0.29) is 17.7 Å². The highest BCUT2D eigenvalue weighted by Gasteiger charge is 2.23. The van der Waals surface area contributed by atoms with Crippen LogP contribution in [0, 0.1) is 0 Å². The highest BCUT2D eigenvalue weighted by Crippen LogP contribution is 2.25. The first kappa shape index (κ1) is 15.5. The number of hydrogen-bond acceptors (Lipinski definition) is 4. The van der Waals surface area contributed by atoms with Crippen molar-refractivity contribution in [2.45, 2.75) is 19.4 Å². The van der Waals surface area contributed by atoms with Crippen LogP contribution in [0.1, 0.15) is 39.7 Å². The fraction of sp³-hybridized carbons (Fsp3) is 0.222. The lowest BCUT2D eigenvalue weighted by Crippen LogP contribution is -2.28. The molecule has 0 aliphatic carbocycles. The Labute approximate surface area is 139 Å².